The van der Waals surface area contributed by atoms with E-state index in [0.29, 0.717) is 6.54 Å². The summed E-state index contributed by atoms with van der Waals surface area (Å²) in [7, 11) is 3.25. The molecular formula is C16H31N3O6. The number of nitrogens with one attached hydrogen (secondary N) is 2. The van der Waals surface area contributed by atoms with Crippen LogP contribution in [-0.4, -0.2) is 88.9 Å². The third kappa shape index (κ3) is 12.3. The third-order valence-corrected chi connectivity index (χ3v) is 3.35. The quantitative estimate of drug-likeness (QED) is 0.386. The van der Waals surface area contributed by atoms with Gasteiger partial charge < -0.3 is 29.7 Å². The van der Waals surface area contributed by atoms with Crippen molar-refractivity contribution in [2.24, 2.45) is 0 Å². The molecule has 1 unspecified atom stereocenters. The molecule has 0 fully saturated rings. The Labute approximate surface area is 149 Å². The van der Waals surface area contributed by atoms with Crippen LogP contribution in [0.1, 0.15) is 20.3 Å². The molecule has 0 aliphatic rings. The second kappa shape index (κ2) is 14.6. The van der Waals surface area contributed by atoms with Crippen LogP contribution < -0.4 is 10.6 Å². The normalized spacial score (nSPS) is 11.9. The highest BCUT2D eigenvalue weighted by Crippen LogP contribution is 1.93. The Bertz CT molecular complexity index is 405. The van der Waals surface area contributed by atoms with Gasteiger partial charge in [0, 0.05) is 33.3 Å². The smallest absolute Gasteiger partial charge is 0.344 e. The topological polar surface area (TPSA) is 106 Å². The predicted molar refractivity (Wildman–Crippen MR) is 92.1 cm³/mol. The van der Waals surface area contributed by atoms with E-state index in [0.717, 1.165) is 32.6 Å². The van der Waals surface area contributed by atoms with Crippen LogP contribution in [0.2, 0.25) is 0 Å². The van der Waals surface area contributed by atoms with Gasteiger partial charge in [-0.05, 0) is 26.9 Å². The van der Waals surface area contributed by atoms with Crippen molar-refractivity contribution in [3.05, 3.63) is 0 Å². The zero-order chi connectivity index (χ0) is 19.1. The number of carbonyl (C=O) groups is 3. The maximum Gasteiger partial charge on any atom is 0.344 e. The van der Waals surface area contributed by atoms with Crippen LogP contribution in [-0.2, 0) is 28.6 Å². The molecule has 2 N–H and O–H groups in total. The van der Waals surface area contributed by atoms with Gasteiger partial charge in [0.15, 0.2) is 19.3 Å². The second-order valence-electron chi connectivity index (χ2n) is 5.44. The van der Waals surface area contributed by atoms with E-state index < -0.39 is 37.2 Å². The van der Waals surface area contributed by atoms with Gasteiger partial charge in [-0.2, -0.15) is 0 Å². The lowest BCUT2D eigenvalue weighted by Gasteiger charge is -2.21. The predicted octanol–water partition coefficient (Wildman–Crippen LogP) is -0.845. The minimum Gasteiger partial charge on any atom is -0.453 e. The third-order valence-electron chi connectivity index (χ3n) is 3.35. The first-order valence-electron chi connectivity index (χ1n) is 8.43. The van der Waals surface area contributed by atoms with Crippen molar-refractivity contribution >= 4 is 17.8 Å². The lowest BCUT2D eigenvalue weighted by molar-refractivity contribution is -0.165. The monoisotopic (exact) mass is 361 g/mol. The van der Waals surface area contributed by atoms with E-state index in [2.05, 4.69) is 27.2 Å². The Morgan fingerprint density at radius 1 is 1.04 bits per heavy atom. The number of methoxy groups -OCH3 is 1. The largest absolute Gasteiger partial charge is 0.453 e. The number of carbonyl (C=O) groups excluding carboxylic acids is 3. The van der Waals surface area contributed by atoms with Gasteiger partial charge in [-0.3, -0.25) is 4.79 Å². The van der Waals surface area contributed by atoms with Crippen molar-refractivity contribution in [2.75, 3.05) is 60.1 Å². The van der Waals surface area contributed by atoms with Crippen LogP contribution in [0.4, 0.5) is 0 Å². The number of hydrogen-bond acceptors (Lipinski definition) is 8. The van der Waals surface area contributed by atoms with E-state index in [1.807, 2.05) is 7.05 Å². The molecule has 0 aromatic heterocycles. The number of nitrogens with zero attached hydrogens (tertiary/aromatic N) is 1. The highest BCUT2D eigenvalue weighted by Gasteiger charge is 2.16. The SMILES string of the molecule is CCCN(CCNC)CCNC(=O)COC(=O)COC(=O)C(C)OC. The fraction of sp³-hybridized carbons (Fsp3) is 0.812. The van der Waals surface area contributed by atoms with Crippen molar-refractivity contribution < 1.29 is 28.6 Å². The zero-order valence-corrected chi connectivity index (χ0v) is 15.6. The highest BCUT2D eigenvalue weighted by molar-refractivity contribution is 5.82. The van der Waals surface area contributed by atoms with Crippen LogP contribution in [0.3, 0.4) is 0 Å². The lowest BCUT2D eigenvalue weighted by atomic mass is 10.4. The summed E-state index contributed by atoms with van der Waals surface area (Å²) < 4.78 is 14.2. The number of esters is 2. The second-order valence-corrected chi connectivity index (χ2v) is 5.44. The van der Waals surface area contributed by atoms with Gasteiger partial charge >= 0.3 is 11.9 Å². The summed E-state index contributed by atoms with van der Waals surface area (Å²) in [5.74, 6) is -1.84. The molecule has 25 heavy (non-hydrogen) atoms. The first-order valence-corrected chi connectivity index (χ1v) is 8.43. The zero-order valence-electron chi connectivity index (χ0n) is 15.6. The van der Waals surface area contributed by atoms with Crippen molar-refractivity contribution in [1.29, 1.82) is 0 Å². The molecule has 0 aromatic rings. The Hall–Kier alpha value is -1.71. The number of likely N-dealkylation sites (N-methyl/N-ethyl adjacent to an activating group) is 1. The maximum absolute atomic E-state index is 11.6. The summed E-state index contributed by atoms with van der Waals surface area (Å²) >= 11 is 0. The molecule has 0 aliphatic carbocycles. The van der Waals surface area contributed by atoms with Crippen LogP contribution in [0, 0.1) is 0 Å². The van der Waals surface area contributed by atoms with Gasteiger partial charge in [0.25, 0.3) is 5.91 Å². The van der Waals surface area contributed by atoms with Crippen LogP contribution in [0.15, 0.2) is 0 Å². The molecule has 1 atom stereocenters. The van der Waals surface area contributed by atoms with E-state index in [1.54, 1.807) is 0 Å². The standard InChI is InChI=1S/C16H31N3O6/c1-5-8-19(9-6-17-3)10-7-18-14(20)11-24-15(21)12-25-16(22)13(2)23-4/h13,17H,5-12H2,1-4H3,(H,18,20). The fourth-order valence-electron chi connectivity index (χ4n) is 1.86. The van der Waals surface area contributed by atoms with Gasteiger partial charge in [0.05, 0.1) is 0 Å². The summed E-state index contributed by atoms with van der Waals surface area (Å²) in [6, 6.07) is 0. The minimum absolute atomic E-state index is 0.394. The summed E-state index contributed by atoms with van der Waals surface area (Å²) in [6.07, 6.45) is 0.278. The van der Waals surface area contributed by atoms with Gasteiger partial charge in [-0.25, -0.2) is 9.59 Å². The summed E-state index contributed by atoms with van der Waals surface area (Å²) in [6.45, 7) is 6.59. The molecule has 0 bridgehead atoms. The van der Waals surface area contributed by atoms with E-state index in [-0.39, 0.29) is 0 Å². The molecule has 146 valence electrons. The van der Waals surface area contributed by atoms with Crippen molar-refractivity contribution in [1.82, 2.24) is 15.5 Å². The Balaban J connectivity index is 3.87. The molecule has 0 heterocycles. The Kier molecular flexibility index (Phi) is 13.6. The van der Waals surface area contributed by atoms with Crippen molar-refractivity contribution in [3.8, 4) is 0 Å². The molecule has 0 spiro atoms. The Morgan fingerprint density at radius 2 is 1.72 bits per heavy atom. The van der Waals surface area contributed by atoms with Crippen molar-refractivity contribution in [2.45, 2.75) is 26.4 Å². The van der Waals surface area contributed by atoms with E-state index in [9.17, 15) is 14.4 Å². The summed E-state index contributed by atoms with van der Waals surface area (Å²) in [5.41, 5.74) is 0. The van der Waals surface area contributed by atoms with Crippen LogP contribution >= 0.6 is 0 Å². The fourth-order valence-corrected chi connectivity index (χ4v) is 1.86. The molecule has 0 rings (SSSR count). The van der Waals surface area contributed by atoms with Crippen molar-refractivity contribution in [3.63, 3.8) is 0 Å². The van der Waals surface area contributed by atoms with Crippen LogP contribution in [0.5, 0.6) is 0 Å². The molecular weight excluding hydrogens is 330 g/mol. The molecule has 1 amide bonds. The molecule has 9 nitrogen and oxygen atoms in total. The molecule has 9 heteroatoms. The Morgan fingerprint density at radius 3 is 2.32 bits per heavy atom. The molecule has 0 aromatic carbocycles. The summed E-state index contributed by atoms with van der Waals surface area (Å²) in [4.78, 5) is 36.6. The number of rotatable bonds is 14. The first kappa shape index (κ1) is 23.3. The highest BCUT2D eigenvalue weighted by atomic mass is 16.6. The number of amides is 1. The maximum atomic E-state index is 11.6. The van der Waals surface area contributed by atoms with Gasteiger partial charge in [0.2, 0.25) is 0 Å². The molecule has 0 saturated carbocycles. The van der Waals surface area contributed by atoms with E-state index in [4.69, 9.17) is 9.47 Å². The summed E-state index contributed by atoms with van der Waals surface area (Å²) in [5, 5.41) is 5.78. The van der Waals surface area contributed by atoms with E-state index in [1.165, 1.54) is 14.0 Å². The minimum atomic E-state index is -0.784. The molecule has 0 radical (unpaired) electrons. The molecule has 0 saturated heterocycles. The average molecular weight is 361 g/mol. The number of ether oxygens (including phenoxy) is 3. The van der Waals surface area contributed by atoms with Gasteiger partial charge in [-0.15, -0.1) is 0 Å². The van der Waals surface area contributed by atoms with Gasteiger partial charge in [-0.1, -0.05) is 6.92 Å². The van der Waals surface area contributed by atoms with Crippen LogP contribution in [0.25, 0.3) is 0 Å². The first-order chi connectivity index (χ1) is 11.9. The lowest BCUT2D eigenvalue weighted by Crippen LogP contribution is -2.39. The average Bonchev–Trinajstić information content (AvgIpc) is 2.61. The van der Waals surface area contributed by atoms with E-state index >= 15 is 0 Å². The number of hydrogen-bond donors (Lipinski definition) is 2. The molecule has 0 aliphatic heterocycles. The van der Waals surface area contributed by atoms with Gasteiger partial charge in [0.1, 0.15) is 0 Å².